The first-order valence-corrected chi connectivity index (χ1v) is 6.20. The molecule has 0 saturated carbocycles. The van der Waals surface area contributed by atoms with Crippen molar-refractivity contribution in [2.75, 3.05) is 34.2 Å². The van der Waals surface area contributed by atoms with Crippen molar-refractivity contribution in [2.24, 2.45) is 0 Å². The smallest absolute Gasteiger partial charge is 0.220 e. The number of amides is 1. The molecule has 18 heavy (non-hydrogen) atoms. The summed E-state index contributed by atoms with van der Waals surface area (Å²) in [6.45, 7) is 1.61. The number of aryl methyl sites for hydroxylation is 1. The summed E-state index contributed by atoms with van der Waals surface area (Å²) in [5, 5.41) is 13.8. The minimum absolute atomic E-state index is 0.00569. The summed E-state index contributed by atoms with van der Waals surface area (Å²) in [5.41, 5.74) is 1.02. The maximum absolute atomic E-state index is 11.6. The summed E-state index contributed by atoms with van der Waals surface area (Å²) >= 11 is 0. The van der Waals surface area contributed by atoms with E-state index in [0.29, 0.717) is 19.4 Å². The first kappa shape index (κ1) is 14.5. The Kier molecular flexibility index (Phi) is 5.16. The van der Waals surface area contributed by atoms with Gasteiger partial charge in [0.15, 0.2) is 0 Å². The number of nitrogens with one attached hydrogen (secondary N) is 1. The molecule has 0 aliphatic carbocycles. The van der Waals surface area contributed by atoms with E-state index in [0.717, 1.165) is 16.6 Å². The van der Waals surface area contributed by atoms with E-state index in [1.165, 1.54) is 12.1 Å². The van der Waals surface area contributed by atoms with E-state index < -0.39 is 0 Å². The second kappa shape index (κ2) is 6.40. The normalized spacial score (nSPS) is 11.3. The Morgan fingerprint density at radius 3 is 2.39 bits per heavy atom. The van der Waals surface area contributed by atoms with Crippen molar-refractivity contribution in [2.45, 2.75) is 12.8 Å². The molecule has 0 heterocycles. The molecular weight excluding hydrogens is 228 g/mol. The van der Waals surface area contributed by atoms with Crippen molar-refractivity contribution in [1.29, 1.82) is 0 Å². The van der Waals surface area contributed by atoms with Crippen molar-refractivity contribution >= 4 is 5.91 Å². The van der Waals surface area contributed by atoms with Gasteiger partial charge < -0.3 is 14.9 Å². The Hall–Kier alpha value is -1.55. The number of hydrogen-bond donors (Lipinski definition) is 1. The zero-order valence-electron chi connectivity index (χ0n) is 11.4. The highest BCUT2D eigenvalue weighted by atomic mass is 16.3. The minimum atomic E-state index is 0.00569. The van der Waals surface area contributed by atoms with Crippen LogP contribution in [0.3, 0.4) is 0 Å². The van der Waals surface area contributed by atoms with Gasteiger partial charge in [0, 0.05) is 6.42 Å². The summed E-state index contributed by atoms with van der Waals surface area (Å²) in [4.78, 5) is 11.6. The number of likely N-dealkylation sites (N-methyl/N-ethyl adjacent to an activating group) is 1. The molecule has 0 radical (unpaired) electrons. The minimum Gasteiger partial charge on any atom is -0.872 e. The van der Waals surface area contributed by atoms with Crippen LogP contribution in [0.2, 0.25) is 0 Å². The van der Waals surface area contributed by atoms with Crippen LogP contribution in [-0.4, -0.2) is 44.6 Å². The maximum Gasteiger partial charge on any atom is 0.220 e. The van der Waals surface area contributed by atoms with E-state index in [-0.39, 0.29) is 11.7 Å². The third-order valence-electron chi connectivity index (χ3n) is 2.67. The van der Waals surface area contributed by atoms with Gasteiger partial charge in [-0.2, -0.15) is 0 Å². The summed E-state index contributed by atoms with van der Waals surface area (Å²) in [7, 11) is 6.28. The van der Waals surface area contributed by atoms with E-state index in [4.69, 9.17) is 0 Å². The van der Waals surface area contributed by atoms with Crippen molar-refractivity contribution < 1.29 is 14.4 Å². The first-order chi connectivity index (χ1) is 8.37. The van der Waals surface area contributed by atoms with Gasteiger partial charge in [-0.05, 0) is 12.0 Å². The molecule has 0 aliphatic rings. The van der Waals surface area contributed by atoms with Gasteiger partial charge in [-0.3, -0.25) is 4.79 Å². The van der Waals surface area contributed by atoms with Crippen LogP contribution in [0.15, 0.2) is 24.3 Å². The van der Waals surface area contributed by atoms with Crippen molar-refractivity contribution in [1.82, 2.24) is 5.32 Å². The third kappa shape index (κ3) is 6.25. The number of rotatable bonds is 6. The Morgan fingerprint density at radius 2 is 1.83 bits per heavy atom. The molecule has 0 spiro atoms. The molecule has 1 aromatic carbocycles. The molecule has 1 amide bonds. The summed E-state index contributed by atoms with van der Waals surface area (Å²) in [6, 6.07) is 6.62. The lowest BCUT2D eigenvalue weighted by atomic mass is 10.1. The van der Waals surface area contributed by atoms with Gasteiger partial charge in [-0.15, -0.1) is 5.75 Å². The molecule has 1 aromatic rings. The van der Waals surface area contributed by atoms with Crippen LogP contribution in [0.25, 0.3) is 0 Å². The number of benzene rings is 1. The highest BCUT2D eigenvalue weighted by Gasteiger charge is 2.07. The number of quaternary nitrogens is 1. The summed E-state index contributed by atoms with van der Waals surface area (Å²) < 4.78 is 0.839. The first-order valence-electron chi connectivity index (χ1n) is 6.20. The van der Waals surface area contributed by atoms with E-state index in [2.05, 4.69) is 26.5 Å². The second-order valence-electron chi connectivity index (χ2n) is 5.51. The molecule has 0 bridgehead atoms. The molecule has 1 rings (SSSR count). The molecule has 0 fully saturated rings. The molecule has 0 aromatic heterocycles. The highest BCUT2D eigenvalue weighted by molar-refractivity contribution is 5.76. The van der Waals surface area contributed by atoms with Crippen LogP contribution in [0, 0.1) is 0 Å². The van der Waals surface area contributed by atoms with Gasteiger partial charge in [-0.25, -0.2) is 0 Å². The van der Waals surface area contributed by atoms with Crippen LogP contribution >= 0.6 is 0 Å². The average molecular weight is 250 g/mol. The van der Waals surface area contributed by atoms with Crippen molar-refractivity contribution in [3.05, 3.63) is 29.8 Å². The summed E-state index contributed by atoms with van der Waals surface area (Å²) in [5.74, 6) is 0.0702. The number of nitrogens with zero attached hydrogens (tertiary/aromatic N) is 1. The predicted octanol–water partition coefficient (Wildman–Crippen LogP) is 0.515. The van der Waals surface area contributed by atoms with Crippen LogP contribution < -0.4 is 10.4 Å². The number of carbonyl (C=O) groups excluding carboxylic acids is 1. The zero-order chi connectivity index (χ0) is 13.6. The predicted molar refractivity (Wildman–Crippen MR) is 70.1 cm³/mol. The van der Waals surface area contributed by atoms with Crippen LogP contribution in [0.1, 0.15) is 12.0 Å². The standard InChI is InChI=1S/C14H22N2O2/c1-16(2,3)11-10-15-14(18)9-6-12-4-7-13(17)8-5-12/h4-5,7-8H,6,9-11H2,1-3H3,(H-,15,17,18). The molecule has 1 N–H and O–H groups in total. The largest absolute Gasteiger partial charge is 0.872 e. The van der Waals surface area contributed by atoms with Crippen LogP contribution in [0.5, 0.6) is 5.75 Å². The molecule has 100 valence electrons. The third-order valence-corrected chi connectivity index (χ3v) is 2.67. The summed E-state index contributed by atoms with van der Waals surface area (Å²) in [6.07, 6.45) is 1.14. The quantitative estimate of drug-likeness (QED) is 0.748. The molecule has 4 heteroatoms. The lowest BCUT2D eigenvalue weighted by Gasteiger charge is -2.23. The van der Waals surface area contributed by atoms with E-state index in [1.54, 1.807) is 12.1 Å². The highest BCUT2D eigenvalue weighted by Crippen LogP contribution is 2.08. The fourth-order valence-electron chi connectivity index (χ4n) is 1.53. The second-order valence-corrected chi connectivity index (χ2v) is 5.51. The molecule has 0 aliphatic heterocycles. The molecule has 0 atom stereocenters. The molecular formula is C14H22N2O2. The average Bonchev–Trinajstić information content (AvgIpc) is 2.26. The van der Waals surface area contributed by atoms with Crippen LogP contribution in [-0.2, 0) is 11.2 Å². The van der Waals surface area contributed by atoms with E-state index in [1.807, 2.05) is 0 Å². The van der Waals surface area contributed by atoms with Crippen molar-refractivity contribution in [3.63, 3.8) is 0 Å². The number of hydrogen-bond acceptors (Lipinski definition) is 2. The van der Waals surface area contributed by atoms with E-state index in [9.17, 15) is 9.90 Å². The molecule has 0 unspecified atom stereocenters. The Labute approximate surface area is 109 Å². The maximum atomic E-state index is 11.6. The van der Waals surface area contributed by atoms with Gasteiger partial charge in [0.05, 0.1) is 34.2 Å². The Morgan fingerprint density at radius 1 is 1.22 bits per heavy atom. The van der Waals surface area contributed by atoms with Gasteiger partial charge in [0.1, 0.15) is 0 Å². The van der Waals surface area contributed by atoms with Gasteiger partial charge >= 0.3 is 0 Å². The molecule has 0 saturated heterocycles. The molecule has 4 nitrogen and oxygen atoms in total. The topological polar surface area (TPSA) is 52.2 Å². The van der Waals surface area contributed by atoms with Gasteiger partial charge in [-0.1, -0.05) is 24.3 Å². The Bertz CT molecular complexity index is 380. The number of carbonyl (C=O) groups is 1. The van der Waals surface area contributed by atoms with Crippen LogP contribution in [0.4, 0.5) is 0 Å². The fourth-order valence-corrected chi connectivity index (χ4v) is 1.53. The van der Waals surface area contributed by atoms with Gasteiger partial charge in [0.25, 0.3) is 0 Å². The monoisotopic (exact) mass is 250 g/mol. The fraction of sp³-hybridized carbons (Fsp3) is 0.500. The lowest BCUT2D eigenvalue weighted by molar-refractivity contribution is -0.869. The SMILES string of the molecule is C[N+](C)(C)CCNC(=O)CCc1ccc([O-])cc1. The van der Waals surface area contributed by atoms with Crippen molar-refractivity contribution in [3.8, 4) is 5.75 Å². The lowest BCUT2D eigenvalue weighted by Crippen LogP contribution is -2.41. The van der Waals surface area contributed by atoms with E-state index >= 15 is 0 Å². The van der Waals surface area contributed by atoms with Gasteiger partial charge in [0.2, 0.25) is 5.91 Å². The Balaban J connectivity index is 2.23. The zero-order valence-corrected chi connectivity index (χ0v) is 11.4.